The second kappa shape index (κ2) is 9.75. The van der Waals surface area contributed by atoms with E-state index in [1.807, 2.05) is 6.92 Å². The number of amides is 2. The molecule has 5 heteroatoms. The summed E-state index contributed by atoms with van der Waals surface area (Å²) >= 11 is 0. The van der Waals surface area contributed by atoms with Crippen molar-refractivity contribution in [1.82, 2.24) is 10.6 Å². The maximum atomic E-state index is 11.7. The zero-order valence-electron chi connectivity index (χ0n) is 12.6. The number of nitrogens with two attached hydrogens (primary N) is 1. The third kappa shape index (κ3) is 6.89. The predicted octanol–water partition coefficient (Wildman–Crippen LogP) is 1.32. The molecule has 1 saturated carbocycles. The summed E-state index contributed by atoms with van der Waals surface area (Å²) in [5, 5.41) is 5.61. The van der Waals surface area contributed by atoms with E-state index in [2.05, 4.69) is 10.6 Å². The first-order valence-corrected chi connectivity index (χ1v) is 7.93. The van der Waals surface area contributed by atoms with Crippen molar-refractivity contribution in [3.05, 3.63) is 0 Å². The SMILES string of the molecule is CCCC(N)C(=O)NCCNC(=O)CC1CCCCC1. The normalized spacial score (nSPS) is 17.5. The molecular formula is C15H29N3O2. The first kappa shape index (κ1) is 17.0. The van der Waals surface area contributed by atoms with Crippen LogP contribution in [0.4, 0.5) is 0 Å². The summed E-state index contributed by atoms with van der Waals surface area (Å²) in [7, 11) is 0. The van der Waals surface area contributed by atoms with Crippen molar-refractivity contribution in [2.45, 2.75) is 64.3 Å². The third-order valence-corrected chi connectivity index (χ3v) is 3.88. The highest BCUT2D eigenvalue weighted by Gasteiger charge is 2.16. The van der Waals surface area contributed by atoms with E-state index in [0.29, 0.717) is 31.8 Å². The maximum absolute atomic E-state index is 11.7. The van der Waals surface area contributed by atoms with Crippen LogP contribution < -0.4 is 16.4 Å². The number of carbonyl (C=O) groups is 2. The molecule has 1 aliphatic rings. The minimum absolute atomic E-state index is 0.101. The van der Waals surface area contributed by atoms with Gasteiger partial charge in [0.05, 0.1) is 6.04 Å². The van der Waals surface area contributed by atoms with Crippen LogP contribution in [-0.4, -0.2) is 30.9 Å². The molecule has 0 bridgehead atoms. The molecule has 4 N–H and O–H groups in total. The summed E-state index contributed by atoms with van der Waals surface area (Å²) in [6.07, 6.45) is 8.39. The molecule has 116 valence electrons. The Morgan fingerprint density at radius 2 is 1.80 bits per heavy atom. The lowest BCUT2D eigenvalue weighted by Gasteiger charge is -2.20. The van der Waals surface area contributed by atoms with Crippen LogP contribution in [0.1, 0.15) is 58.3 Å². The van der Waals surface area contributed by atoms with Crippen LogP contribution in [0.3, 0.4) is 0 Å². The van der Waals surface area contributed by atoms with Crippen LogP contribution in [-0.2, 0) is 9.59 Å². The molecule has 0 saturated heterocycles. The van der Waals surface area contributed by atoms with Crippen molar-refractivity contribution in [3.63, 3.8) is 0 Å². The number of hydrogen-bond acceptors (Lipinski definition) is 3. The predicted molar refractivity (Wildman–Crippen MR) is 80.1 cm³/mol. The van der Waals surface area contributed by atoms with E-state index in [4.69, 9.17) is 5.73 Å². The smallest absolute Gasteiger partial charge is 0.236 e. The number of hydrogen-bond donors (Lipinski definition) is 3. The van der Waals surface area contributed by atoms with Gasteiger partial charge in [-0.2, -0.15) is 0 Å². The van der Waals surface area contributed by atoms with Crippen molar-refractivity contribution in [1.29, 1.82) is 0 Å². The van der Waals surface area contributed by atoms with Crippen LogP contribution in [0, 0.1) is 5.92 Å². The van der Waals surface area contributed by atoms with Crippen molar-refractivity contribution >= 4 is 11.8 Å². The van der Waals surface area contributed by atoms with E-state index < -0.39 is 6.04 Å². The first-order chi connectivity index (χ1) is 9.63. The van der Waals surface area contributed by atoms with Gasteiger partial charge < -0.3 is 16.4 Å². The molecule has 1 aliphatic carbocycles. The van der Waals surface area contributed by atoms with E-state index in [1.54, 1.807) is 0 Å². The molecule has 1 rings (SSSR count). The second-order valence-electron chi connectivity index (χ2n) is 5.74. The van der Waals surface area contributed by atoms with E-state index in [9.17, 15) is 9.59 Å². The molecule has 0 aromatic heterocycles. The van der Waals surface area contributed by atoms with Crippen molar-refractivity contribution in [2.75, 3.05) is 13.1 Å². The second-order valence-corrected chi connectivity index (χ2v) is 5.74. The fourth-order valence-electron chi connectivity index (χ4n) is 2.69. The van der Waals surface area contributed by atoms with Crippen LogP contribution in [0.15, 0.2) is 0 Å². The van der Waals surface area contributed by atoms with Gasteiger partial charge in [0, 0.05) is 19.5 Å². The molecule has 20 heavy (non-hydrogen) atoms. The summed E-state index contributed by atoms with van der Waals surface area (Å²) in [5.41, 5.74) is 5.69. The Morgan fingerprint density at radius 3 is 2.45 bits per heavy atom. The zero-order valence-corrected chi connectivity index (χ0v) is 12.6. The molecule has 0 aromatic rings. The lowest BCUT2D eigenvalue weighted by molar-refractivity contribution is -0.124. The summed E-state index contributed by atoms with van der Waals surface area (Å²) in [4.78, 5) is 23.3. The highest BCUT2D eigenvalue weighted by molar-refractivity contribution is 5.81. The third-order valence-electron chi connectivity index (χ3n) is 3.88. The van der Waals surface area contributed by atoms with Gasteiger partial charge in [-0.3, -0.25) is 9.59 Å². The minimum Gasteiger partial charge on any atom is -0.354 e. The lowest BCUT2D eigenvalue weighted by Crippen LogP contribution is -2.43. The molecule has 0 aromatic carbocycles. The van der Waals surface area contributed by atoms with Gasteiger partial charge in [-0.25, -0.2) is 0 Å². The van der Waals surface area contributed by atoms with Gasteiger partial charge in [0.15, 0.2) is 0 Å². The Balaban J connectivity index is 2.05. The van der Waals surface area contributed by atoms with E-state index in [1.165, 1.54) is 32.1 Å². The lowest BCUT2D eigenvalue weighted by atomic mass is 9.87. The van der Waals surface area contributed by atoms with Gasteiger partial charge in [-0.1, -0.05) is 32.6 Å². The highest BCUT2D eigenvalue weighted by Crippen LogP contribution is 2.25. The van der Waals surface area contributed by atoms with Crippen LogP contribution in [0.25, 0.3) is 0 Å². The molecule has 0 radical (unpaired) electrons. The molecule has 1 unspecified atom stereocenters. The monoisotopic (exact) mass is 283 g/mol. The van der Waals surface area contributed by atoms with Crippen LogP contribution >= 0.6 is 0 Å². The number of carbonyl (C=O) groups excluding carboxylic acids is 2. The zero-order chi connectivity index (χ0) is 14.8. The summed E-state index contributed by atoms with van der Waals surface area (Å²) in [5.74, 6) is 0.522. The largest absolute Gasteiger partial charge is 0.354 e. The van der Waals surface area contributed by atoms with Gasteiger partial charge in [-0.05, 0) is 25.2 Å². The average molecular weight is 283 g/mol. The van der Waals surface area contributed by atoms with Gasteiger partial charge in [0.25, 0.3) is 0 Å². The number of nitrogens with one attached hydrogen (secondary N) is 2. The van der Waals surface area contributed by atoms with Crippen molar-refractivity contribution in [2.24, 2.45) is 11.7 Å². The fourth-order valence-corrected chi connectivity index (χ4v) is 2.69. The van der Waals surface area contributed by atoms with Crippen molar-refractivity contribution in [3.8, 4) is 0 Å². The Kier molecular flexibility index (Phi) is 8.26. The molecule has 5 nitrogen and oxygen atoms in total. The molecule has 0 heterocycles. The quantitative estimate of drug-likeness (QED) is 0.587. The van der Waals surface area contributed by atoms with Crippen molar-refractivity contribution < 1.29 is 9.59 Å². The Bertz CT molecular complexity index is 301. The average Bonchev–Trinajstić information content (AvgIpc) is 2.44. The molecule has 0 spiro atoms. The van der Waals surface area contributed by atoms with Gasteiger partial charge >= 0.3 is 0 Å². The van der Waals surface area contributed by atoms with Crippen LogP contribution in [0.5, 0.6) is 0 Å². The van der Waals surface area contributed by atoms with E-state index >= 15 is 0 Å². The van der Waals surface area contributed by atoms with Gasteiger partial charge in [-0.15, -0.1) is 0 Å². The van der Waals surface area contributed by atoms with Crippen LogP contribution in [0.2, 0.25) is 0 Å². The fraction of sp³-hybridized carbons (Fsp3) is 0.867. The Morgan fingerprint density at radius 1 is 1.15 bits per heavy atom. The molecule has 0 aliphatic heterocycles. The molecule has 1 fully saturated rings. The molecular weight excluding hydrogens is 254 g/mol. The minimum atomic E-state index is -0.432. The summed E-state index contributed by atoms with van der Waals surface area (Å²) < 4.78 is 0. The molecule has 2 amide bonds. The van der Waals surface area contributed by atoms with Gasteiger partial charge in [0.1, 0.15) is 0 Å². The van der Waals surface area contributed by atoms with E-state index in [0.717, 1.165) is 6.42 Å². The van der Waals surface area contributed by atoms with E-state index in [-0.39, 0.29) is 11.8 Å². The first-order valence-electron chi connectivity index (χ1n) is 7.93. The Labute approximate surface area is 122 Å². The summed E-state index contributed by atoms with van der Waals surface area (Å²) in [6, 6.07) is -0.432. The Hall–Kier alpha value is -1.10. The maximum Gasteiger partial charge on any atom is 0.236 e. The topological polar surface area (TPSA) is 84.2 Å². The number of rotatable bonds is 8. The summed E-state index contributed by atoms with van der Waals surface area (Å²) in [6.45, 7) is 2.93. The highest BCUT2D eigenvalue weighted by atomic mass is 16.2. The molecule has 1 atom stereocenters. The van der Waals surface area contributed by atoms with Gasteiger partial charge in [0.2, 0.25) is 11.8 Å². The standard InChI is InChI=1S/C15H29N3O2/c1-2-6-13(16)15(20)18-10-9-17-14(19)11-12-7-4-3-5-8-12/h12-13H,2-11,16H2,1H3,(H,17,19)(H,18,20).